The van der Waals surface area contributed by atoms with E-state index in [-0.39, 0.29) is 11.9 Å². The summed E-state index contributed by atoms with van der Waals surface area (Å²) in [5.41, 5.74) is 3.53. The topological polar surface area (TPSA) is 67.0 Å². The van der Waals surface area contributed by atoms with Gasteiger partial charge < -0.3 is 15.0 Å². The first-order valence-corrected chi connectivity index (χ1v) is 7.63. The molecular formula is C18H17N3O2. The summed E-state index contributed by atoms with van der Waals surface area (Å²) in [6.45, 7) is 0. The molecule has 2 N–H and O–H groups in total. The quantitative estimate of drug-likeness (QED) is 0.779. The average Bonchev–Trinajstić information content (AvgIpc) is 3.18. The van der Waals surface area contributed by atoms with Gasteiger partial charge in [0.1, 0.15) is 5.75 Å². The predicted molar refractivity (Wildman–Crippen MR) is 87.7 cm³/mol. The van der Waals surface area contributed by atoms with E-state index in [0.29, 0.717) is 11.5 Å². The molecule has 1 saturated carbocycles. The van der Waals surface area contributed by atoms with Crippen LogP contribution in [0.5, 0.6) is 5.75 Å². The van der Waals surface area contributed by atoms with Gasteiger partial charge in [-0.25, -0.2) is 4.98 Å². The molecule has 3 aromatic rings. The molecule has 0 aliphatic heterocycles. The lowest BCUT2D eigenvalue weighted by Crippen LogP contribution is -2.26. The van der Waals surface area contributed by atoms with Crippen molar-refractivity contribution in [2.75, 3.05) is 7.11 Å². The van der Waals surface area contributed by atoms with Crippen molar-refractivity contribution < 1.29 is 9.53 Å². The molecule has 1 aliphatic rings. The lowest BCUT2D eigenvalue weighted by molar-refractivity contribution is 0.0950. The van der Waals surface area contributed by atoms with E-state index in [9.17, 15) is 4.79 Å². The molecule has 1 aromatic heterocycles. The van der Waals surface area contributed by atoms with E-state index in [1.54, 1.807) is 19.5 Å². The molecule has 0 unspecified atom stereocenters. The van der Waals surface area contributed by atoms with Crippen molar-refractivity contribution >= 4 is 16.9 Å². The second-order valence-electron chi connectivity index (χ2n) is 5.80. The number of aromatic nitrogens is 2. The molecular weight excluding hydrogens is 290 g/mol. The van der Waals surface area contributed by atoms with Gasteiger partial charge in [0.05, 0.1) is 24.5 Å². The van der Waals surface area contributed by atoms with E-state index in [1.165, 1.54) is 0 Å². The van der Waals surface area contributed by atoms with E-state index in [1.807, 2.05) is 30.3 Å². The fourth-order valence-electron chi connectivity index (χ4n) is 3.00. The Morgan fingerprint density at radius 2 is 2.17 bits per heavy atom. The summed E-state index contributed by atoms with van der Waals surface area (Å²) >= 11 is 0. The van der Waals surface area contributed by atoms with Crippen molar-refractivity contribution in [2.24, 2.45) is 0 Å². The zero-order chi connectivity index (χ0) is 15.8. The van der Waals surface area contributed by atoms with Crippen LogP contribution in [0, 0.1) is 0 Å². The molecule has 0 spiro atoms. The number of benzene rings is 2. The summed E-state index contributed by atoms with van der Waals surface area (Å²) in [6.07, 6.45) is 2.57. The van der Waals surface area contributed by atoms with Crippen molar-refractivity contribution in [3.8, 4) is 5.75 Å². The minimum absolute atomic E-state index is 0.0519. The van der Waals surface area contributed by atoms with Gasteiger partial charge in [-0.2, -0.15) is 0 Å². The standard InChI is InChI=1S/C18H17N3O2/c1-23-17-5-3-2-4-12(17)13-9-15(13)21-18(22)11-6-7-14-16(8-11)20-10-19-14/h2-8,10,13,15H,9H2,1H3,(H,19,20)(H,21,22)/t13-,15+/m0/s1. The number of nitrogens with zero attached hydrogens (tertiary/aromatic N) is 1. The number of imidazole rings is 1. The zero-order valence-corrected chi connectivity index (χ0v) is 12.7. The van der Waals surface area contributed by atoms with Crippen LogP contribution in [0.4, 0.5) is 0 Å². The Balaban J connectivity index is 1.48. The number of amides is 1. The molecule has 1 aliphatic carbocycles. The van der Waals surface area contributed by atoms with Gasteiger partial charge in [-0.1, -0.05) is 18.2 Å². The monoisotopic (exact) mass is 307 g/mol. The number of nitrogens with one attached hydrogen (secondary N) is 2. The number of H-pyrrole nitrogens is 1. The normalized spacial score (nSPS) is 19.5. The van der Waals surface area contributed by atoms with Gasteiger partial charge in [0.25, 0.3) is 5.91 Å². The Morgan fingerprint density at radius 1 is 1.30 bits per heavy atom. The number of carbonyl (C=O) groups is 1. The third-order valence-corrected chi connectivity index (χ3v) is 4.33. The highest BCUT2D eigenvalue weighted by Gasteiger charge is 2.41. The van der Waals surface area contributed by atoms with E-state index >= 15 is 0 Å². The third kappa shape index (κ3) is 2.54. The van der Waals surface area contributed by atoms with Crippen molar-refractivity contribution in [3.05, 3.63) is 59.9 Å². The van der Waals surface area contributed by atoms with Gasteiger partial charge in [0, 0.05) is 17.5 Å². The summed E-state index contributed by atoms with van der Waals surface area (Å²) in [5, 5.41) is 3.10. The van der Waals surface area contributed by atoms with E-state index in [0.717, 1.165) is 28.8 Å². The summed E-state index contributed by atoms with van der Waals surface area (Å²) in [6, 6.07) is 13.6. The Kier molecular flexibility index (Phi) is 3.26. The first-order valence-electron chi connectivity index (χ1n) is 7.63. The van der Waals surface area contributed by atoms with Crippen LogP contribution < -0.4 is 10.1 Å². The van der Waals surface area contributed by atoms with Crippen LogP contribution in [-0.4, -0.2) is 29.0 Å². The SMILES string of the molecule is COc1ccccc1[C@@H]1C[C@H]1NC(=O)c1ccc2nc[nH]c2c1. The number of methoxy groups -OCH3 is 1. The average molecular weight is 307 g/mol. The summed E-state index contributed by atoms with van der Waals surface area (Å²) in [5.74, 6) is 1.16. The number of rotatable bonds is 4. The highest BCUT2D eigenvalue weighted by Crippen LogP contribution is 2.44. The Labute approximate surface area is 133 Å². The van der Waals surface area contributed by atoms with Gasteiger partial charge in [-0.05, 0) is 36.2 Å². The van der Waals surface area contributed by atoms with Crippen LogP contribution in [0.25, 0.3) is 11.0 Å². The molecule has 23 heavy (non-hydrogen) atoms. The molecule has 116 valence electrons. The molecule has 2 atom stereocenters. The highest BCUT2D eigenvalue weighted by molar-refractivity contribution is 5.97. The first-order chi connectivity index (χ1) is 11.3. The van der Waals surface area contributed by atoms with Gasteiger partial charge in [-0.3, -0.25) is 4.79 Å². The number of para-hydroxylation sites is 1. The lowest BCUT2D eigenvalue weighted by Gasteiger charge is -2.08. The molecule has 0 saturated heterocycles. The summed E-state index contributed by atoms with van der Waals surface area (Å²) in [7, 11) is 1.68. The number of aromatic amines is 1. The third-order valence-electron chi connectivity index (χ3n) is 4.33. The highest BCUT2D eigenvalue weighted by atomic mass is 16.5. The number of hydrogen-bond donors (Lipinski definition) is 2. The molecule has 0 radical (unpaired) electrons. The number of carbonyl (C=O) groups excluding carboxylic acids is 1. The van der Waals surface area contributed by atoms with Crippen LogP contribution in [0.15, 0.2) is 48.8 Å². The Morgan fingerprint density at radius 3 is 3.04 bits per heavy atom. The molecule has 1 fully saturated rings. The zero-order valence-electron chi connectivity index (χ0n) is 12.7. The fraction of sp³-hybridized carbons (Fsp3) is 0.222. The maximum atomic E-state index is 12.4. The molecule has 4 rings (SSSR count). The lowest BCUT2D eigenvalue weighted by atomic mass is 10.1. The minimum Gasteiger partial charge on any atom is -0.496 e. The number of fused-ring (bicyclic) bond motifs is 1. The van der Waals surface area contributed by atoms with E-state index < -0.39 is 0 Å². The molecule has 2 aromatic carbocycles. The van der Waals surface area contributed by atoms with Crippen molar-refractivity contribution in [3.63, 3.8) is 0 Å². The summed E-state index contributed by atoms with van der Waals surface area (Å²) < 4.78 is 5.40. The van der Waals surface area contributed by atoms with E-state index in [4.69, 9.17) is 4.74 Å². The minimum atomic E-state index is -0.0519. The maximum Gasteiger partial charge on any atom is 0.251 e. The van der Waals surface area contributed by atoms with Crippen LogP contribution in [-0.2, 0) is 0 Å². The Bertz CT molecular complexity index is 871. The predicted octanol–water partition coefficient (Wildman–Crippen LogP) is 2.86. The van der Waals surface area contributed by atoms with Crippen molar-refractivity contribution in [2.45, 2.75) is 18.4 Å². The van der Waals surface area contributed by atoms with Gasteiger partial charge in [0.2, 0.25) is 0 Å². The van der Waals surface area contributed by atoms with Crippen molar-refractivity contribution in [1.82, 2.24) is 15.3 Å². The largest absolute Gasteiger partial charge is 0.496 e. The fourth-order valence-corrected chi connectivity index (χ4v) is 3.00. The first kappa shape index (κ1) is 13.8. The molecule has 0 bridgehead atoms. The Hall–Kier alpha value is -2.82. The van der Waals surface area contributed by atoms with Crippen LogP contribution in [0.3, 0.4) is 0 Å². The molecule has 5 heteroatoms. The van der Waals surface area contributed by atoms with E-state index in [2.05, 4.69) is 21.4 Å². The second-order valence-corrected chi connectivity index (χ2v) is 5.80. The molecule has 1 heterocycles. The van der Waals surface area contributed by atoms with Crippen LogP contribution in [0.2, 0.25) is 0 Å². The maximum absolute atomic E-state index is 12.4. The van der Waals surface area contributed by atoms with Crippen molar-refractivity contribution in [1.29, 1.82) is 0 Å². The smallest absolute Gasteiger partial charge is 0.251 e. The second kappa shape index (κ2) is 5.43. The number of hydrogen-bond acceptors (Lipinski definition) is 3. The number of ether oxygens (including phenoxy) is 1. The van der Waals surface area contributed by atoms with Gasteiger partial charge in [-0.15, -0.1) is 0 Å². The van der Waals surface area contributed by atoms with Gasteiger partial charge in [0.15, 0.2) is 0 Å². The van der Waals surface area contributed by atoms with Crippen LogP contribution >= 0.6 is 0 Å². The van der Waals surface area contributed by atoms with Crippen LogP contribution in [0.1, 0.15) is 28.3 Å². The molecule has 1 amide bonds. The van der Waals surface area contributed by atoms with Gasteiger partial charge >= 0.3 is 0 Å². The molecule has 5 nitrogen and oxygen atoms in total. The summed E-state index contributed by atoms with van der Waals surface area (Å²) in [4.78, 5) is 19.6.